The van der Waals surface area contributed by atoms with Gasteiger partial charge in [0, 0.05) is 30.3 Å². The van der Waals surface area contributed by atoms with E-state index >= 15 is 0 Å². The Bertz CT molecular complexity index is 642. The molecular formula is C14H14O4S4. The summed E-state index contributed by atoms with van der Waals surface area (Å²) in [6.45, 7) is 3.78. The Morgan fingerprint density at radius 1 is 0.864 bits per heavy atom. The fourth-order valence-electron chi connectivity index (χ4n) is 1.77. The molecule has 0 saturated carbocycles. The highest BCUT2D eigenvalue weighted by molar-refractivity contribution is 8.76. The van der Waals surface area contributed by atoms with E-state index < -0.39 is 0 Å². The van der Waals surface area contributed by atoms with E-state index in [0.29, 0.717) is 11.1 Å². The molecule has 0 aromatic carbocycles. The van der Waals surface area contributed by atoms with E-state index in [4.69, 9.17) is 9.47 Å². The summed E-state index contributed by atoms with van der Waals surface area (Å²) in [5, 5.41) is 3.85. The van der Waals surface area contributed by atoms with Crippen LogP contribution in [0.15, 0.2) is 20.6 Å². The largest absolute Gasteiger partial charge is 0.465 e. The second kappa shape index (κ2) is 7.54. The van der Waals surface area contributed by atoms with Gasteiger partial charge < -0.3 is 9.47 Å². The molecule has 22 heavy (non-hydrogen) atoms. The number of carbonyl (C=O) groups excluding carboxylic acids is 2. The summed E-state index contributed by atoms with van der Waals surface area (Å²) >= 11 is 3.01. The summed E-state index contributed by atoms with van der Waals surface area (Å²) in [6.07, 6.45) is 0. The summed E-state index contributed by atoms with van der Waals surface area (Å²) < 4.78 is 9.65. The molecule has 0 atom stereocenters. The van der Waals surface area contributed by atoms with Gasteiger partial charge in [0.15, 0.2) is 0 Å². The zero-order valence-electron chi connectivity index (χ0n) is 12.4. The minimum Gasteiger partial charge on any atom is -0.465 e. The third-order valence-corrected chi connectivity index (χ3v) is 7.42. The molecule has 0 aliphatic carbocycles. The highest BCUT2D eigenvalue weighted by atomic mass is 33.1. The summed E-state index contributed by atoms with van der Waals surface area (Å²) in [7, 11) is 5.64. The molecule has 0 aliphatic rings. The zero-order valence-corrected chi connectivity index (χ0v) is 15.7. The van der Waals surface area contributed by atoms with Crippen LogP contribution in [0.2, 0.25) is 0 Å². The first kappa shape index (κ1) is 17.4. The number of thiophene rings is 2. The van der Waals surface area contributed by atoms with Crippen LogP contribution in [-0.2, 0) is 9.47 Å². The molecule has 0 unspecified atom stereocenters. The normalized spacial score (nSPS) is 10.5. The average Bonchev–Trinajstić information content (AvgIpc) is 3.06. The molecular weight excluding hydrogens is 360 g/mol. The van der Waals surface area contributed by atoms with E-state index in [2.05, 4.69) is 0 Å². The summed E-state index contributed by atoms with van der Waals surface area (Å²) in [6, 6.07) is 0. The Kier molecular flexibility index (Phi) is 5.96. The number of methoxy groups -OCH3 is 2. The van der Waals surface area contributed by atoms with Crippen LogP contribution in [0.25, 0.3) is 0 Å². The van der Waals surface area contributed by atoms with Gasteiger partial charge in [-0.15, -0.1) is 22.7 Å². The highest BCUT2D eigenvalue weighted by Crippen LogP contribution is 2.45. The molecule has 0 radical (unpaired) electrons. The minimum atomic E-state index is -0.337. The van der Waals surface area contributed by atoms with Crippen molar-refractivity contribution < 1.29 is 19.1 Å². The van der Waals surface area contributed by atoms with Gasteiger partial charge in [0.1, 0.15) is 0 Å². The lowest BCUT2D eigenvalue weighted by atomic mass is 10.3. The third-order valence-electron chi connectivity index (χ3n) is 2.88. The maximum Gasteiger partial charge on any atom is 0.340 e. The fourth-order valence-corrected chi connectivity index (χ4v) is 6.49. The van der Waals surface area contributed by atoms with Crippen LogP contribution >= 0.6 is 44.3 Å². The van der Waals surface area contributed by atoms with Crippen LogP contribution in [0.5, 0.6) is 0 Å². The predicted molar refractivity (Wildman–Crippen MR) is 92.5 cm³/mol. The van der Waals surface area contributed by atoms with Crippen molar-refractivity contribution in [2.45, 2.75) is 23.6 Å². The van der Waals surface area contributed by atoms with Gasteiger partial charge in [-0.25, -0.2) is 9.59 Å². The maximum absolute atomic E-state index is 11.8. The van der Waals surface area contributed by atoms with Crippen LogP contribution in [-0.4, -0.2) is 26.2 Å². The number of hydrogen-bond acceptors (Lipinski definition) is 8. The van der Waals surface area contributed by atoms with Gasteiger partial charge in [-0.3, -0.25) is 0 Å². The number of carbonyl (C=O) groups is 2. The molecule has 0 aliphatic heterocycles. The van der Waals surface area contributed by atoms with E-state index in [1.54, 1.807) is 0 Å². The van der Waals surface area contributed by atoms with Gasteiger partial charge in [0.05, 0.1) is 25.3 Å². The number of esters is 2. The molecule has 2 aromatic heterocycles. The molecule has 0 spiro atoms. The Morgan fingerprint density at radius 3 is 1.55 bits per heavy atom. The molecule has 0 amide bonds. The van der Waals surface area contributed by atoms with Crippen LogP contribution < -0.4 is 0 Å². The van der Waals surface area contributed by atoms with Crippen molar-refractivity contribution >= 4 is 56.2 Å². The monoisotopic (exact) mass is 374 g/mol. The van der Waals surface area contributed by atoms with Crippen molar-refractivity contribution in [3.63, 3.8) is 0 Å². The standard InChI is InChI=1S/C14H14O4S4/c1-7-11(13(15)17-3)9(5-19-7)21-22-10-6-20-8(2)12(10)14(16)18-4/h5-6H,1-4H3. The fraction of sp³-hybridized carbons (Fsp3) is 0.286. The van der Waals surface area contributed by atoms with Crippen molar-refractivity contribution in [3.8, 4) is 0 Å². The highest BCUT2D eigenvalue weighted by Gasteiger charge is 2.21. The van der Waals surface area contributed by atoms with Crippen LogP contribution in [0.3, 0.4) is 0 Å². The van der Waals surface area contributed by atoms with Crippen molar-refractivity contribution in [1.29, 1.82) is 0 Å². The second-order valence-electron chi connectivity index (χ2n) is 4.21. The Hall–Kier alpha value is -0.960. The van der Waals surface area contributed by atoms with Gasteiger partial charge in [-0.1, -0.05) is 21.6 Å². The van der Waals surface area contributed by atoms with Crippen molar-refractivity contribution in [3.05, 3.63) is 31.6 Å². The average molecular weight is 375 g/mol. The molecule has 0 bridgehead atoms. The molecule has 2 rings (SSSR count). The quantitative estimate of drug-likeness (QED) is 0.553. The minimum absolute atomic E-state index is 0.337. The molecule has 2 heterocycles. The van der Waals surface area contributed by atoms with E-state index in [9.17, 15) is 9.59 Å². The number of hydrogen-bond donors (Lipinski definition) is 0. The zero-order chi connectivity index (χ0) is 16.3. The molecule has 2 aromatic rings. The molecule has 0 saturated heterocycles. The number of rotatable bonds is 5. The van der Waals surface area contributed by atoms with Gasteiger partial charge in [-0.05, 0) is 13.8 Å². The molecule has 0 N–H and O–H groups in total. The van der Waals surface area contributed by atoms with Crippen molar-refractivity contribution in [2.24, 2.45) is 0 Å². The lowest BCUT2D eigenvalue weighted by Crippen LogP contribution is -2.03. The molecule has 8 heteroatoms. The first-order valence-electron chi connectivity index (χ1n) is 6.16. The first-order chi connectivity index (χ1) is 10.5. The van der Waals surface area contributed by atoms with Gasteiger partial charge in [0.2, 0.25) is 0 Å². The molecule has 118 valence electrons. The maximum atomic E-state index is 11.8. The number of ether oxygens (including phenoxy) is 2. The topological polar surface area (TPSA) is 52.6 Å². The van der Waals surface area contributed by atoms with Gasteiger partial charge in [0.25, 0.3) is 0 Å². The van der Waals surface area contributed by atoms with Crippen molar-refractivity contribution in [2.75, 3.05) is 14.2 Å². The smallest absolute Gasteiger partial charge is 0.340 e. The Labute approximate surface area is 144 Å². The van der Waals surface area contributed by atoms with Gasteiger partial charge in [-0.2, -0.15) is 0 Å². The summed E-state index contributed by atoms with van der Waals surface area (Å²) in [5.41, 5.74) is 1.19. The molecule has 0 fully saturated rings. The first-order valence-corrected chi connectivity index (χ1v) is 10.1. The lowest BCUT2D eigenvalue weighted by molar-refractivity contribution is 0.0588. The van der Waals surface area contributed by atoms with Crippen LogP contribution in [0, 0.1) is 13.8 Å². The SMILES string of the molecule is COC(=O)c1c(SSc2csc(C)c2C(=O)OC)csc1C. The second-order valence-corrected chi connectivity index (χ2v) is 8.59. The van der Waals surface area contributed by atoms with Crippen molar-refractivity contribution in [1.82, 2.24) is 0 Å². The Morgan fingerprint density at radius 2 is 1.23 bits per heavy atom. The predicted octanol–water partition coefficient (Wildman–Crippen LogP) is 4.80. The van der Waals surface area contributed by atoms with Crippen LogP contribution in [0.4, 0.5) is 0 Å². The lowest BCUT2D eigenvalue weighted by Gasteiger charge is -2.05. The molecule has 4 nitrogen and oxygen atoms in total. The Balaban J connectivity index is 2.22. The van der Waals surface area contributed by atoms with Crippen LogP contribution in [0.1, 0.15) is 30.5 Å². The third kappa shape index (κ3) is 3.51. The summed E-state index contributed by atoms with van der Waals surface area (Å²) in [4.78, 5) is 27.2. The van der Waals surface area contributed by atoms with E-state index in [1.807, 2.05) is 24.6 Å². The van der Waals surface area contributed by atoms with E-state index in [0.717, 1.165) is 19.5 Å². The number of aryl methyl sites for hydroxylation is 2. The van der Waals surface area contributed by atoms with Gasteiger partial charge >= 0.3 is 11.9 Å². The summed E-state index contributed by atoms with van der Waals surface area (Å²) in [5.74, 6) is -0.673. The van der Waals surface area contributed by atoms with E-state index in [1.165, 1.54) is 58.5 Å². The van der Waals surface area contributed by atoms with E-state index in [-0.39, 0.29) is 11.9 Å².